The van der Waals surface area contributed by atoms with Gasteiger partial charge in [0.2, 0.25) is 0 Å². The van der Waals surface area contributed by atoms with E-state index in [1.54, 1.807) is 6.07 Å². The number of hydrogen-bond donors (Lipinski definition) is 1. The Labute approximate surface area is 127 Å². The summed E-state index contributed by atoms with van der Waals surface area (Å²) in [7, 11) is 0. The maximum atomic E-state index is 12.9. The summed E-state index contributed by atoms with van der Waals surface area (Å²) in [6, 6.07) is 9.74. The molecule has 0 amide bonds. The lowest BCUT2D eigenvalue weighted by atomic mass is 10.1. The van der Waals surface area contributed by atoms with E-state index in [2.05, 4.69) is 25.9 Å². The maximum Gasteiger partial charge on any atom is 0.417 e. The minimum atomic E-state index is -4.41. The Balaban J connectivity index is 2.14. The van der Waals surface area contributed by atoms with Crippen LogP contribution in [0.1, 0.15) is 11.1 Å². The number of fused-ring (bicyclic) bond motifs is 1. The van der Waals surface area contributed by atoms with E-state index < -0.39 is 11.7 Å². The number of aryl methyl sites for hydroxylation is 1. The summed E-state index contributed by atoms with van der Waals surface area (Å²) >= 11 is 2.93. The van der Waals surface area contributed by atoms with Crippen LogP contribution in [0.2, 0.25) is 0 Å². The fourth-order valence-corrected chi connectivity index (χ4v) is 2.62. The quantitative estimate of drug-likeness (QED) is 0.629. The number of nitrogens with zero attached hydrogens (tertiary/aromatic N) is 1. The molecule has 0 unspecified atom stereocenters. The minimum absolute atomic E-state index is 0.0192. The molecule has 2 aromatic carbocycles. The molecule has 0 bridgehead atoms. The summed E-state index contributed by atoms with van der Waals surface area (Å²) < 4.78 is 38.8. The molecule has 2 nitrogen and oxygen atoms in total. The van der Waals surface area contributed by atoms with Gasteiger partial charge in [-0.2, -0.15) is 13.2 Å². The summed E-state index contributed by atoms with van der Waals surface area (Å²) in [5, 5.41) is 0. The number of H-pyrrole nitrogens is 1. The first-order chi connectivity index (χ1) is 9.84. The van der Waals surface area contributed by atoms with Crippen LogP contribution in [0, 0.1) is 6.92 Å². The molecule has 6 heteroatoms. The van der Waals surface area contributed by atoms with Crippen LogP contribution in [0.4, 0.5) is 13.2 Å². The van der Waals surface area contributed by atoms with Gasteiger partial charge in [0.25, 0.3) is 0 Å². The highest BCUT2D eigenvalue weighted by atomic mass is 79.9. The van der Waals surface area contributed by atoms with E-state index in [1.165, 1.54) is 6.07 Å². The van der Waals surface area contributed by atoms with Crippen molar-refractivity contribution in [1.29, 1.82) is 0 Å². The van der Waals surface area contributed by atoms with E-state index in [4.69, 9.17) is 0 Å². The molecule has 0 atom stereocenters. The Bertz CT molecular complexity index is 821. The van der Waals surface area contributed by atoms with E-state index in [9.17, 15) is 13.2 Å². The second kappa shape index (κ2) is 4.87. The normalized spacial score (nSPS) is 12.0. The van der Waals surface area contributed by atoms with Crippen molar-refractivity contribution in [2.45, 2.75) is 13.1 Å². The molecule has 21 heavy (non-hydrogen) atoms. The van der Waals surface area contributed by atoms with Crippen molar-refractivity contribution in [1.82, 2.24) is 9.97 Å². The zero-order chi connectivity index (χ0) is 15.2. The molecule has 0 spiro atoms. The molecule has 1 aromatic heterocycles. The van der Waals surface area contributed by atoms with Gasteiger partial charge in [0.15, 0.2) is 0 Å². The van der Waals surface area contributed by atoms with Crippen LogP contribution in [0.15, 0.2) is 40.9 Å². The number of rotatable bonds is 1. The highest BCUT2D eigenvalue weighted by molar-refractivity contribution is 9.10. The Morgan fingerprint density at radius 2 is 1.86 bits per heavy atom. The minimum Gasteiger partial charge on any atom is -0.338 e. The zero-order valence-electron chi connectivity index (χ0n) is 10.9. The first-order valence-corrected chi connectivity index (χ1v) is 6.97. The Hall–Kier alpha value is -1.82. The number of benzene rings is 2. The highest BCUT2D eigenvalue weighted by Crippen LogP contribution is 2.37. The predicted octanol–water partition coefficient (Wildman–Crippen LogP) is 5.32. The van der Waals surface area contributed by atoms with Crippen molar-refractivity contribution >= 4 is 27.0 Å². The summed E-state index contributed by atoms with van der Waals surface area (Å²) in [5.74, 6) is 0.425. The average molecular weight is 355 g/mol. The molecule has 0 saturated carbocycles. The number of imidazole rings is 1. The molecule has 1 heterocycles. The maximum absolute atomic E-state index is 12.9. The third kappa shape index (κ3) is 2.68. The fourth-order valence-electron chi connectivity index (χ4n) is 2.15. The first kappa shape index (κ1) is 14.1. The van der Waals surface area contributed by atoms with Gasteiger partial charge in [-0.05, 0) is 36.8 Å². The standard InChI is InChI=1S/C15H10BrF3N2/c1-8-2-5-12-13(6-8)21-14(20-12)9-3-4-11(16)10(7-9)15(17,18)19/h2-7H,1H3,(H,20,21). The summed E-state index contributed by atoms with van der Waals surface area (Å²) in [6.45, 7) is 1.95. The topological polar surface area (TPSA) is 28.7 Å². The number of aromatic nitrogens is 2. The number of aromatic amines is 1. The van der Waals surface area contributed by atoms with Gasteiger partial charge in [0.1, 0.15) is 5.82 Å². The Kier molecular flexibility index (Phi) is 3.28. The molecule has 0 aliphatic rings. The van der Waals surface area contributed by atoms with Crippen molar-refractivity contribution in [3.05, 3.63) is 52.0 Å². The van der Waals surface area contributed by atoms with Crippen molar-refractivity contribution in [3.8, 4) is 11.4 Å². The smallest absolute Gasteiger partial charge is 0.338 e. The first-order valence-electron chi connectivity index (χ1n) is 6.18. The number of halogens is 4. The van der Waals surface area contributed by atoms with Crippen LogP contribution in [0.5, 0.6) is 0 Å². The van der Waals surface area contributed by atoms with Crippen LogP contribution in [-0.4, -0.2) is 9.97 Å². The van der Waals surface area contributed by atoms with Crippen molar-refractivity contribution in [2.24, 2.45) is 0 Å². The van der Waals surface area contributed by atoms with E-state index >= 15 is 0 Å². The van der Waals surface area contributed by atoms with Gasteiger partial charge in [-0.25, -0.2) is 4.98 Å². The molecular weight excluding hydrogens is 345 g/mol. The van der Waals surface area contributed by atoms with Crippen molar-refractivity contribution in [2.75, 3.05) is 0 Å². The van der Waals surface area contributed by atoms with Gasteiger partial charge in [0, 0.05) is 10.0 Å². The predicted molar refractivity (Wildman–Crippen MR) is 79.0 cm³/mol. The molecule has 0 saturated heterocycles. The summed E-state index contributed by atoms with van der Waals surface area (Å²) in [5.41, 5.74) is 2.29. The van der Waals surface area contributed by atoms with Crippen LogP contribution in [0.3, 0.4) is 0 Å². The highest BCUT2D eigenvalue weighted by Gasteiger charge is 2.33. The van der Waals surface area contributed by atoms with Gasteiger partial charge in [-0.15, -0.1) is 0 Å². The number of alkyl halides is 3. The van der Waals surface area contributed by atoms with Gasteiger partial charge in [0.05, 0.1) is 16.6 Å². The second-order valence-corrected chi connectivity index (χ2v) is 5.65. The van der Waals surface area contributed by atoms with E-state index in [0.29, 0.717) is 11.4 Å². The molecule has 3 rings (SSSR count). The van der Waals surface area contributed by atoms with Gasteiger partial charge in [-0.3, -0.25) is 0 Å². The molecule has 0 aliphatic carbocycles. The third-order valence-electron chi connectivity index (χ3n) is 3.18. The summed E-state index contributed by atoms with van der Waals surface area (Å²) in [4.78, 5) is 7.40. The zero-order valence-corrected chi connectivity index (χ0v) is 12.5. The lowest BCUT2D eigenvalue weighted by Gasteiger charge is -2.10. The summed E-state index contributed by atoms with van der Waals surface area (Å²) in [6.07, 6.45) is -4.41. The van der Waals surface area contributed by atoms with Crippen LogP contribution < -0.4 is 0 Å². The van der Waals surface area contributed by atoms with Crippen molar-refractivity contribution < 1.29 is 13.2 Å². The van der Waals surface area contributed by atoms with Gasteiger partial charge < -0.3 is 4.98 Å². The van der Waals surface area contributed by atoms with Crippen LogP contribution in [0.25, 0.3) is 22.4 Å². The molecular formula is C15H10BrF3N2. The van der Waals surface area contributed by atoms with E-state index in [-0.39, 0.29) is 4.47 Å². The monoisotopic (exact) mass is 354 g/mol. The molecule has 0 radical (unpaired) electrons. The van der Waals surface area contributed by atoms with E-state index in [0.717, 1.165) is 22.7 Å². The Morgan fingerprint density at radius 1 is 1.10 bits per heavy atom. The SMILES string of the molecule is Cc1ccc2nc(-c3ccc(Br)c(C(F)(F)F)c3)[nH]c2c1. The fraction of sp³-hybridized carbons (Fsp3) is 0.133. The van der Waals surface area contributed by atoms with Crippen molar-refractivity contribution in [3.63, 3.8) is 0 Å². The van der Waals surface area contributed by atoms with Crippen LogP contribution >= 0.6 is 15.9 Å². The second-order valence-electron chi connectivity index (χ2n) is 4.80. The largest absolute Gasteiger partial charge is 0.417 e. The van der Waals surface area contributed by atoms with E-state index in [1.807, 2.05) is 25.1 Å². The molecule has 0 aliphatic heterocycles. The molecule has 1 N–H and O–H groups in total. The lowest BCUT2D eigenvalue weighted by Crippen LogP contribution is -2.06. The van der Waals surface area contributed by atoms with Gasteiger partial charge >= 0.3 is 6.18 Å². The Morgan fingerprint density at radius 3 is 2.57 bits per heavy atom. The average Bonchev–Trinajstić information content (AvgIpc) is 2.80. The molecule has 0 fully saturated rings. The van der Waals surface area contributed by atoms with Gasteiger partial charge in [-0.1, -0.05) is 28.1 Å². The number of nitrogens with one attached hydrogen (secondary N) is 1. The number of hydrogen-bond acceptors (Lipinski definition) is 1. The molecule has 108 valence electrons. The third-order valence-corrected chi connectivity index (χ3v) is 3.87. The van der Waals surface area contributed by atoms with Crippen LogP contribution in [-0.2, 0) is 6.18 Å². The molecule has 3 aromatic rings. The lowest BCUT2D eigenvalue weighted by molar-refractivity contribution is -0.138.